The van der Waals surface area contributed by atoms with Crippen molar-refractivity contribution in [3.63, 3.8) is 0 Å². The summed E-state index contributed by atoms with van der Waals surface area (Å²) >= 11 is 0. The van der Waals surface area contributed by atoms with Gasteiger partial charge in [0.1, 0.15) is 5.82 Å². The highest BCUT2D eigenvalue weighted by Crippen LogP contribution is 2.35. The minimum absolute atomic E-state index is 0.291. The highest BCUT2D eigenvalue weighted by Gasteiger charge is 2.25. The standard InChI is InChI=1S/C17H13FN2/c18-13-7-5-11(6-8-13)17-14-4-2-1-3-12(14)9-16(20)15(17)10-19/h1-8,16H,9,20H2. The molecule has 0 saturated carbocycles. The van der Waals surface area contributed by atoms with Crippen LogP contribution in [0.2, 0.25) is 0 Å². The molecule has 1 atom stereocenters. The Hall–Kier alpha value is -2.44. The monoisotopic (exact) mass is 264 g/mol. The first-order valence-corrected chi connectivity index (χ1v) is 6.45. The first kappa shape index (κ1) is 12.6. The molecule has 0 aliphatic heterocycles. The molecule has 0 aromatic heterocycles. The average molecular weight is 264 g/mol. The normalized spacial score (nSPS) is 17.6. The van der Waals surface area contributed by atoms with Crippen LogP contribution in [0, 0.1) is 17.1 Å². The fraction of sp³-hybridized carbons (Fsp3) is 0.118. The van der Waals surface area contributed by atoms with Gasteiger partial charge in [0.2, 0.25) is 0 Å². The molecule has 3 rings (SSSR count). The molecule has 20 heavy (non-hydrogen) atoms. The summed E-state index contributed by atoms with van der Waals surface area (Å²) < 4.78 is 13.1. The summed E-state index contributed by atoms with van der Waals surface area (Å²) in [6.45, 7) is 0. The van der Waals surface area contributed by atoms with Crippen LogP contribution in [0.1, 0.15) is 16.7 Å². The van der Waals surface area contributed by atoms with Gasteiger partial charge in [-0.1, -0.05) is 36.4 Å². The minimum Gasteiger partial charge on any atom is -0.323 e. The molecule has 0 heterocycles. The van der Waals surface area contributed by atoms with E-state index in [-0.39, 0.29) is 11.9 Å². The summed E-state index contributed by atoms with van der Waals surface area (Å²) in [6, 6.07) is 16.0. The molecule has 0 saturated heterocycles. The van der Waals surface area contributed by atoms with Crippen molar-refractivity contribution < 1.29 is 4.39 Å². The number of nitrogens with zero attached hydrogens (tertiary/aromatic N) is 1. The molecule has 3 heteroatoms. The second-order valence-corrected chi connectivity index (χ2v) is 4.88. The Morgan fingerprint density at radius 1 is 1.10 bits per heavy atom. The molecule has 1 unspecified atom stereocenters. The zero-order valence-electron chi connectivity index (χ0n) is 10.8. The number of nitrogens with two attached hydrogens (primary N) is 1. The molecule has 2 aromatic carbocycles. The molecular formula is C17H13FN2. The van der Waals surface area contributed by atoms with Crippen molar-refractivity contribution >= 4 is 5.57 Å². The summed E-state index contributed by atoms with van der Waals surface area (Å²) in [7, 11) is 0. The van der Waals surface area contributed by atoms with E-state index in [0.29, 0.717) is 12.0 Å². The molecule has 0 amide bonds. The quantitative estimate of drug-likeness (QED) is 0.860. The Labute approximate surface area is 117 Å². The minimum atomic E-state index is -0.310. The first-order chi connectivity index (χ1) is 9.70. The number of hydrogen-bond acceptors (Lipinski definition) is 2. The lowest BCUT2D eigenvalue weighted by atomic mass is 9.80. The van der Waals surface area contributed by atoms with E-state index in [0.717, 1.165) is 22.3 Å². The van der Waals surface area contributed by atoms with Gasteiger partial charge in [-0.2, -0.15) is 5.26 Å². The van der Waals surface area contributed by atoms with Gasteiger partial charge in [-0.25, -0.2) is 4.39 Å². The lowest BCUT2D eigenvalue weighted by Gasteiger charge is -2.25. The van der Waals surface area contributed by atoms with Crippen molar-refractivity contribution in [2.45, 2.75) is 12.5 Å². The van der Waals surface area contributed by atoms with E-state index in [1.54, 1.807) is 12.1 Å². The molecule has 1 aliphatic rings. The van der Waals surface area contributed by atoms with Crippen molar-refractivity contribution in [1.82, 2.24) is 0 Å². The molecule has 0 spiro atoms. The van der Waals surface area contributed by atoms with Gasteiger partial charge in [-0.15, -0.1) is 0 Å². The van der Waals surface area contributed by atoms with E-state index < -0.39 is 0 Å². The molecule has 1 aliphatic carbocycles. The third kappa shape index (κ3) is 2.01. The predicted octanol–water partition coefficient (Wildman–Crippen LogP) is 3.03. The van der Waals surface area contributed by atoms with Crippen molar-refractivity contribution in [3.8, 4) is 6.07 Å². The lowest BCUT2D eigenvalue weighted by molar-refractivity contribution is 0.627. The van der Waals surface area contributed by atoms with Gasteiger partial charge in [0.25, 0.3) is 0 Å². The van der Waals surface area contributed by atoms with E-state index in [9.17, 15) is 9.65 Å². The fourth-order valence-electron chi connectivity index (χ4n) is 2.68. The summed E-state index contributed by atoms with van der Waals surface area (Å²) in [6.07, 6.45) is 0.657. The van der Waals surface area contributed by atoms with Crippen LogP contribution >= 0.6 is 0 Å². The zero-order chi connectivity index (χ0) is 14.1. The number of halogens is 1. The van der Waals surface area contributed by atoms with E-state index in [4.69, 9.17) is 5.73 Å². The largest absolute Gasteiger partial charge is 0.323 e. The number of rotatable bonds is 1. The van der Waals surface area contributed by atoms with Gasteiger partial charge in [-0.3, -0.25) is 0 Å². The summed E-state index contributed by atoms with van der Waals surface area (Å²) in [4.78, 5) is 0. The number of nitriles is 1. The van der Waals surface area contributed by atoms with Gasteiger partial charge in [0.15, 0.2) is 0 Å². The van der Waals surface area contributed by atoms with Crippen molar-refractivity contribution in [1.29, 1.82) is 5.26 Å². The maximum absolute atomic E-state index is 13.1. The molecule has 98 valence electrons. The number of benzene rings is 2. The second kappa shape index (κ2) is 4.92. The van der Waals surface area contributed by atoms with Crippen LogP contribution in [0.25, 0.3) is 5.57 Å². The van der Waals surface area contributed by atoms with Crippen LogP contribution in [0.5, 0.6) is 0 Å². The Balaban J connectivity index is 2.27. The predicted molar refractivity (Wildman–Crippen MR) is 76.2 cm³/mol. The van der Waals surface area contributed by atoms with Gasteiger partial charge < -0.3 is 5.73 Å². The molecular weight excluding hydrogens is 251 g/mol. The van der Waals surface area contributed by atoms with Crippen molar-refractivity contribution in [2.24, 2.45) is 5.73 Å². The summed E-state index contributed by atoms with van der Waals surface area (Å²) in [5.74, 6) is -0.291. The Bertz CT molecular complexity index is 723. The maximum Gasteiger partial charge on any atom is 0.123 e. The Morgan fingerprint density at radius 3 is 2.50 bits per heavy atom. The average Bonchev–Trinajstić information content (AvgIpc) is 2.47. The first-order valence-electron chi connectivity index (χ1n) is 6.45. The molecule has 0 radical (unpaired) electrons. The smallest absolute Gasteiger partial charge is 0.123 e. The second-order valence-electron chi connectivity index (χ2n) is 4.88. The molecule has 2 aromatic rings. The van der Waals surface area contributed by atoms with Crippen LogP contribution in [-0.2, 0) is 6.42 Å². The van der Waals surface area contributed by atoms with E-state index in [1.807, 2.05) is 24.3 Å². The van der Waals surface area contributed by atoms with Gasteiger partial charge >= 0.3 is 0 Å². The lowest BCUT2D eigenvalue weighted by Crippen LogP contribution is -2.29. The number of hydrogen-bond donors (Lipinski definition) is 1. The van der Waals surface area contributed by atoms with Crippen molar-refractivity contribution in [3.05, 3.63) is 76.6 Å². The van der Waals surface area contributed by atoms with Crippen LogP contribution in [0.3, 0.4) is 0 Å². The number of fused-ring (bicyclic) bond motifs is 1. The third-order valence-electron chi connectivity index (χ3n) is 3.62. The third-order valence-corrected chi connectivity index (χ3v) is 3.62. The SMILES string of the molecule is N#CC1=C(c2ccc(F)cc2)c2ccccc2CC1N. The topological polar surface area (TPSA) is 49.8 Å². The van der Waals surface area contributed by atoms with E-state index in [1.165, 1.54) is 12.1 Å². The Kier molecular flexibility index (Phi) is 3.09. The van der Waals surface area contributed by atoms with Crippen molar-refractivity contribution in [2.75, 3.05) is 0 Å². The van der Waals surface area contributed by atoms with Gasteiger partial charge in [0.05, 0.1) is 11.6 Å². The highest BCUT2D eigenvalue weighted by molar-refractivity contribution is 5.87. The van der Waals surface area contributed by atoms with Gasteiger partial charge in [0, 0.05) is 11.6 Å². The van der Waals surface area contributed by atoms with E-state index >= 15 is 0 Å². The molecule has 2 N–H and O–H groups in total. The summed E-state index contributed by atoms with van der Waals surface area (Å²) in [5, 5.41) is 9.41. The maximum atomic E-state index is 13.1. The van der Waals surface area contributed by atoms with Crippen LogP contribution in [0.15, 0.2) is 54.1 Å². The van der Waals surface area contributed by atoms with Crippen LogP contribution in [-0.4, -0.2) is 6.04 Å². The Morgan fingerprint density at radius 2 is 1.80 bits per heavy atom. The molecule has 0 fully saturated rings. The van der Waals surface area contributed by atoms with Crippen LogP contribution < -0.4 is 5.73 Å². The molecule has 0 bridgehead atoms. The summed E-state index contributed by atoms with van der Waals surface area (Å²) in [5.41, 5.74) is 10.5. The zero-order valence-corrected chi connectivity index (χ0v) is 10.8. The van der Waals surface area contributed by atoms with Gasteiger partial charge in [-0.05, 0) is 35.2 Å². The fourth-order valence-corrected chi connectivity index (χ4v) is 2.68. The highest BCUT2D eigenvalue weighted by atomic mass is 19.1. The molecule has 2 nitrogen and oxygen atoms in total. The van der Waals surface area contributed by atoms with Crippen LogP contribution in [0.4, 0.5) is 4.39 Å². The van der Waals surface area contributed by atoms with E-state index in [2.05, 4.69) is 6.07 Å².